The van der Waals surface area contributed by atoms with Gasteiger partial charge in [-0.25, -0.2) is 0 Å². The zero-order valence-electron chi connectivity index (χ0n) is 27.1. The van der Waals surface area contributed by atoms with E-state index in [4.69, 9.17) is 0 Å². The van der Waals surface area contributed by atoms with Crippen molar-refractivity contribution >= 4 is 43.6 Å². The lowest BCUT2D eigenvalue weighted by Crippen LogP contribution is -2.05. The van der Waals surface area contributed by atoms with E-state index in [1.165, 1.54) is 0 Å². The molecule has 5 nitrogen and oxygen atoms in total. The fourth-order valence-corrected chi connectivity index (χ4v) is 7.25. The minimum atomic E-state index is 0.396. The number of nitriles is 3. The van der Waals surface area contributed by atoms with Gasteiger partial charge in [-0.3, -0.25) is 0 Å². The van der Waals surface area contributed by atoms with Gasteiger partial charge >= 0.3 is 0 Å². The third-order valence-corrected chi connectivity index (χ3v) is 9.34. The van der Waals surface area contributed by atoms with Gasteiger partial charge in [0.1, 0.15) is 0 Å². The molecule has 0 aliphatic rings. The summed E-state index contributed by atoms with van der Waals surface area (Å²) in [6, 6.07) is 42.0. The van der Waals surface area contributed by atoms with Gasteiger partial charge in [-0.15, -0.1) is 0 Å². The van der Waals surface area contributed by atoms with Crippen LogP contribution in [0.3, 0.4) is 0 Å². The first-order valence-corrected chi connectivity index (χ1v) is 15.9. The monoisotopic (exact) mass is 615 g/mol. The van der Waals surface area contributed by atoms with Crippen LogP contribution in [-0.4, -0.2) is 9.13 Å². The van der Waals surface area contributed by atoms with Crippen LogP contribution in [0.2, 0.25) is 0 Å². The summed E-state index contributed by atoms with van der Waals surface area (Å²) in [6.07, 6.45) is 0. The Kier molecular flexibility index (Phi) is 6.45. The zero-order chi connectivity index (χ0) is 33.3. The maximum atomic E-state index is 10.6. The number of aromatic nitrogens is 2. The molecule has 0 bridgehead atoms. The number of fused-ring (bicyclic) bond motifs is 6. The molecular formula is C43H29N5. The first-order valence-electron chi connectivity index (χ1n) is 15.9. The number of hydrogen-bond acceptors (Lipinski definition) is 3. The third-order valence-electron chi connectivity index (χ3n) is 9.34. The van der Waals surface area contributed by atoms with E-state index < -0.39 is 0 Å². The summed E-state index contributed by atoms with van der Waals surface area (Å²) in [4.78, 5) is 0. The maximum absolute atomic E-state index is 10.6. The molecule has 8 rings (SSSR count). The highest BCUT2D eigenvalue weighted by molar-refractivity contribution is 6.12. The van der Waals surface area contributed by atoms with Gasteiger partial charge in [0.15, 0.2) is 0 Å². The molecule has 6 aromatic carbocycles. The van der Waals surface area contributed by atoms with E-state index >= 15 is 0 Å². The van der Waals surface area contributed by atoms with Crippen LogP contribution in [0.1, 0.15) is 38.9 Å². The first-order chi connectivity index (χ1) is 23.3. The molecule has 0 aliphatic carbocycles. The smallest absolute Gasteiger partial charge is 0.0993 e. The Labute approximate surface area is 278 Å². The molecule has 2 aromatic heterocycles. The van der Waals surface area contributed by atoms with Gasteiger partial charge in [0.25, 0.3) is 0 Å². The van der Waals surface area contributed by atoms with Crippen molar-refractivity contribution in [1.29, 1.82) is 15.8 Å². The summed E-state index contributed by atoms with van der Waals surface area (Å²) in [7, 11) is 0. The van der Waals surface area contributed by atoms with Crippen LogP contribution in [0.25, 0.3) is 66.1 Å². The molecule has 0 fully saturated rings. The van der Waals surface area contributed by atoms with Crippen molar-refractivity contribution < 1.29 is 0 Å². The molecule has 0 saturated carbocycles. The summed E-state index contributed by atoms with van der Waals surface area (Å²) in [5.41, 5.74) is 13.1. The second kappa shape index (κ2) is 10.7. The number of nitrogens with zero attached hydrogens (tertiary/aromatic N) is 5. The van der Waals surface area contributed by atoms with Crippen molar-refractivity contribution in [1.82, 2.24) is 9.13 Å². The average molecular weight is 616 g/mol. The van der Waals surface area contributed by atoms with Crippen molar-refractivity contribution in [2.75, 3.05) is 0 Å². The molecule has 0 radical (unpaired) electrons. The van der Waals surface area contributed by atoms with E-state index in [9.17, 15) is 15.8 Å². The van der Waals surface area contributed by atoms with Gasteiger partial charge in [0.05, 0.1) is 68.3 Å². The minimum absolute atomic E-state index is 0.396. The molecule has 0 aliphatic heterocycles. The van der Waals surface area contributed by atoms with Crippen molar-refractivity contribution in [3.63, 3.8) is 0 Å². The Hall–Kier alpha value is -6.61. The molecule has 0 unspecified atom stereocenters. The quantitative estimate of drug-likeness (QED) is 0.198. The zero-order valence-corrected chi connectivity index (χ0v) is 27.1. The first kappa shape index (κ1) is 28.8. The molecular weight excluding hydrogens is 587 g/mol. The Morgan fingerprint density at radius 3 is 1.02 bits per heavy atom. The highest BCUT2D eigenvalue weighted by Gasteiger charge is 2.24. The predicted molar refractivity (Wildman–Crippen MR) is 194 cm³/mol. The molecule has 48 heavy (non-hydrogen) atoms. The van der Waals surface area contributed by atoms with Crippen molar-refractivity contribution in [3.05, 3.63) is 142 Å². The van der Waals surface area contributed by atoms with Gasteiger partial charge in [-0.2, -0.15) is 15.8 Å². The highest BCUT2D eigenvalue weighted by Crippen LogP contribution is 2.43. The fraction of sp³-hybridized carbons (Fsp3) is 0.0930. The van der Waals surface area contributed by atoms with Gasteiger partial charge in [-0.05, 0) is 112 Å². The number of hydrogen-bond donors (Lipinski definition) is 0. The number of rotatable bonds is 3. The standard InChI is InChI=1S/C43H29N5/c1-25-5-9-37-33(13-25)34-14-26(2)6-10-38(34)47(37)41-20-31(24-46)21-42(43(41)32-18-29(22-44)17-30(19-32)23-45)48-39-11-7-27(3)15-35(39)36-16-28(4)8-12-40(36)48/h5-21H,1-4H3. The van der Waals surface area contributed by atoms with Crippen LogP contribution < -0.4 is 0 Å². The molecule has 5 heteroatoms. The second-order valence-corrected chi connectivity index (χ2v) is 12.8. The molecule has 0 atom stereocenters. The fourth-order valence-electron chi connectivity index (χ4n) is 7.25. The summed E-state index contributed by atoms with van der Waals surface area (Å²) < 4.78 is 4.47. The largest absolute Gasteiger partial charge is 0.308 e. The van der Waals surface area contributed by atoms with Gasteiger partial charge in [0.2, 0.25) is 0 Å². The average Bonchev–Trinajstić information content (AvgIpc) is 3.58. The lowest BCUT2D eigenvalue weighted by Gasteiger charge is -2.21. The van der Waals surface area contributed by atoms with E-state index in [0.29, 0.717) is 16.7 Å². The topological polar surface area (TPSA) is 81.2 Å². The Bertz CT molecular complexity index is 2510. The lowest BCUT2D eigenvalue weighted by molar-refractivity contribution is 1.13. The van der Waals surface area contributed by atoms with Crippen LogP contribution in [0.5, 0.6) is 0 Å². The van der Waals surface area contributed by atoms with E-state index in [1.807, 2.05) is 24.3 Å². The summed E-state index contributed by atoms with van der Waals surface area (Å²) in [5, 5.41) is 35.2. The van der Waals surface area contributed by atoms with Crippen LogP contribution >= 0.6 is 0 Å². The maximum Gasteiger partial charge on any atom is 0.0993 e. The summed E-state index contributed by atoms with van der Waals surface area (Å²) in [5.74, 6) is 0. The Balaban J connectivity index is 1.63. The van der Waals surface area contributed by atoms with E-state index in [0.717, 1.165) is 88.4 Å². The molecule has 226 valence electrons. The molecule has 2 heterocycles. The van der Waals surface area contributed by atoms with Gasteiger partial charge in [0, 0.05) is 27.1 Å². The van der Waals surface area contributed by atoms with Gasteiger partial charge in [-0.1, -0.05) is 46.5 Å². The molecule has 0 N–H and O–H groups in total. The number of benzene rings is 6. The Morgan fingerprint density at radius 1 is 0.396 bits per heavy atom. The molecule has 0 spiro atoms. The highest BCUT2D eigenvalue weighted by atomic mass is 15.0. The second-order valence-electron chi connectivity index (χ2n) is 12.8. The third kappa shape index (κ3) is 4.36. The summed E-state index contributed by atoms with van der Waals surface area (Å²) >= 11 is 0. The van der Waals surface area contributed by atoms with E-state index in [1.54, 1.807) is 6.07 Å². The van der Waals surface area contributed by atoms with Crippen LogP contribution in [-0.2, 0) is 0 Å². The van der Waals surface area contributed by atoms with Crippen LogP contribution in [0.4, 0.5) is 0 Å². The summed E-state index contributed by atoms with van der Waals surface area (Å²) in [6.45, 7) is 8.39. The molecule has 8 aromatic rings. The van der Waals surface area contributed by atoms with Crippen LogP contribution in [0, 0.1) is 61.7 Å². The number of aryl methyl sites for hydroxylation is 4. The normalized spacial score (nSPS) is 11.3. The lowest BCUT2D eigenvalue weighted by atomic mass is 9.95. The predicted octanol–water partition coefficient (Wildman–Crippen LogP) is 10.4. The Morgan fingerprint density at radius 2 is 0.708 bits per heavy atom. The van der Waals surface area contributed by atoms with Gasteiger partial charge < -0.3 is 9.13 Å². The van der Waals surface area contributed by atoms with Crippen molar-refractivity contribution in [3.8, 4) is 40.7 Å². The minimum Gasteiger partial charge on any atom is -0.308 e. The molecule has 0 amide bonds. The van der Waals surface area contributed by atoms with Crippen molar-refractivity contribution in [2.24, 2.45) is 0 Å². The van der Waals surface area contributed by atoms with E-state index in [2.05, 4.69) is 128 Å². The van der Waals surface area contributed by atoms with E-state index in [-0.39, 0.29) is 0 Å². The van der Waals surface area contributed by atoms with Crippen molar-refractivity contribution in [2.45, 2.75) is 27.7 Å². The van der Waals surface area contributed by atoms with Crippen LogP contribution in [0.15, 0.2) is 103 Å². The SMILES string of the molecule is Cc1ccc2c(c1)c1cc(C)ccc1n2-c1cc(C#N)cc(-n2c3ccc(C)cc3c3cc(C)ccc32)c1-c1cc(C#N)cc(C#N)c1. The molecule has 0 saturated heterocycles.